The number of nitrogens with one attached hydrogen (secondary N) is 1. The summed E-state index contributed by atoms with van der Waals surface area (Å²) >= 11 is 0. The Kier molecular flexibility index (Phi) is 19.7. The van der Waals surface area contributed by atoms with Gasteiger partial charge in [0.25, 0.3) is 5.69 Å². The number of unbranched alkanes of at least 4 members (excludes halogenated alkanes) is 1. The zero-order valence-corrected chi connectivity index (χ0v) is 29.1. The van der Waals surface area contributed by atoms with Crippen molar-refractivity contribution in [3.8, 4) is 6.07 Å². The van der Waals surface area contributed by atoms with Gasteiger partial charge >= 0.3 is 5.97 Å². The van der Waals surface area contributed by atoms with E-state index < -0.39 is 21.7 Å². The number of aldehydes is 1. The Hall–Kier alpha value is -4.75. The van der Waals surface area contributed by atoms with Gasteiger partial charge in [0, 0.05) is 64.5 Å². The Morgan fingerprint density at radius 3 is 2.43 bits per heavy atom. The van der Waals surface area contributed by atoms with Crippen LogP contribution in [0.1, 0.15) is 86.1 Å². The minimum Gasteiger partial charge on any atom is -0.481 e. The van der Waals surface area contributed by atoms with Crippen LogP contribution in [-0.4, -0.2) is 35.4 Å². The summed E-state index contributed by atoms with van der Waals surface area (Å²) in [5.41, 5.74) is 9.13. The standard InChI is InChI=1S/C35H47N5O5.C2H6/c1-7-13-28(37)22-26(2)35(5,6)32(39-19-11-10-16-33(42)43)15-9-8-14-27(25-36)24-34(3,4)30-23-29(40(44)45)17-18-31(30)38-20-12-21-41;1-2/h7-9,13-15,17-18,21-23,38-39H,2,10-12,16,19-20,24,37H2,1,3-6H3,(H,42,43);1-2H3/p+1/b9-8+,13-7-,27-14-,28-22+,32-15+;. The van der Waals surface area contributed by atoms with Gasteiger partial charge in [0.2, 0.25) is 0 Å². The Balaban J connectivity index is 0.0000104. The molecular formula is C37H54N5O5+. The molecule has 0 amide bonds. The third-order valence-electron chi connectivity index (χ3n) is 7.38. The largest absolute Gasteiger partial charge is 0.481 e. The van der Waals surface area contributed by atoms with Crippen molar-refractivity contribution in [2.45, 2.75) is 86.0 Å². The second-order valence-electron chi connectivity index (χ2n) is 11.9. The molecule has 0 spiro atoms. The first-order valence-electron chi connectivity index (χ1n) is 16.0. The lowest BCUT2D eigenvalue weighted by Crippen LogP contribution is -2.78. The summed E-state index contributed by atoms with van der Waals surface area (Å²) < 4.78 is 0. The van der Waals surface area contributed by atoms with E-state index in [0.29, 0.717) is 50.0 Å². The highest BCUT2D eigenvalue weighted by molar-refractivity contribution is 5.66. The van der Waals surface area contributed by atoms with Crippen LogP contribution in [0.3, 0.4) is 0 Å². The number of nitro benzene ring substituents is 1. The minimum absolute atomic E-state index is 0.0346. The van der Waals surface area contributed by atoms with Gasteiger partial charge in [-0.25, -0.2) is 0 Å². The van der Waals surface area contributed by atoms with Crippen molar-refractivity contribution in [1.82, 2.24) is 5.32 Å². The van der Waals surface area contributed by atoms with E-state index in [1.807, 2.05) is 78.1 Å². The lowest BCUT2D eigenvalue weighted by atomic mass is 9.78. The smallest absolute Gasteiger partial charge is 0.303 e. The molecule has 0 bridgehead atoms. The number of hydrogen-bond donors (Lipinski definition) is 4. The summed E-state index contributed by atoms with van der Waals surface area (Å²) in [6.45, 7) is 19.1. The van der Waals surface area contributed by atoms with Crippen LogP contribution >= 0.6 is 0 Å². The molecule has 1 rings (SSSR count). The molecule has 0 unspecified atom stereocenters. The highest BCUT2D eigenvalue weighted by atomic mass is 16.6. The lowest BCUT2D eigenvalue weighted by Gasteiger charge is -2.30. The van der Waals surface area contributed by atoms with E-state index in [0.717, 1.165) is 28.8 Å². The Bertz CT molecular complexity index is 1410. The number of carbonyl (C=O) groups excluding carboxylic acids is 1. The molecule has 10 heteroatoms. The van der Waals surface area contributed by atoms with E-state index in [1.54, 1.807) is 30.4 Å². The van der Waals surface area contributed by atoms with E-state index in [4.69, 9.17) is 10.8 Å². The molecule has 0 aromatic heterocycles. The van der Waals surface area contributed by atoms with Gasteiger partial charge in [0.05, 0.1) is 24.0 Å². The molecule has 0 aliphatic rings. The highest BCUT2D eigenvalue weighted by Crippen LogP contribution is 2.36. The number of carboxylic acid groups (broad SMARTS) is 1. The number of aliphatic carboxylic acids is 1. The predicted molar refractivity (Wildman–Crippen MR) is 190 cm³/mol. The molecule has 0 aliphatic carbocycles. The molecule has 0 atom stereocenters. The normalized spacial score (nSPS) is 12.8. The van der Waals surface area contributed by atoms with Gasteiger partial charge in [-0.05, 0) is 56.1 Å². The number of nitro groups is 1. The number of allylic oxidation sites excluding steroid dienone is 9. The van der Waals surface area contributed by atoms with Crippen LogP contribution in [0, 0.1) is 26.9 Å². The zero-order valence-electron chi connectivity index (χ0n) is 29.1. The van der Waals surface area contributed by atoms with Crippen LogP contribution in [0.25, 0.3) is 0 Å². The monoisotopic (exact) mass is 648 g/mol. The van der Waals surface area contributed by atoms with Crippen molar-refractivity contribution >= 4 is 23.6 Å². The molecule has 47 heavy (non-hydrogen) atoms. The van der Waals surface area contributed by atoms with Gasteiger partial charge in [-0.1, -0.05) is 66.3 Å². The fourth-order valence-corrected chi connectivity index (χ4v) is 4.67. The van der Waals surface area contributed by atoms with E-state index >= 15 is 0 Å². The Morgan fingerprint density at radius 2 is 1.85 bits per heavy atom. The second kappa shape index (κ2) is 21.9. The zero-order chi connectivity index (χ0) is 36.0. The van der Waals surface area contributed by atoms with E-state index in [1.165, 1.54) is 6.07 Å². The van der Waals surface area contributed by atoms with Crippen molar-refractivity contribution in [2.24, 2.45) is 11.1 Å². The third-order valence-corrected chi connectivity index (χ3v) is 7.38. The molecule has 1 aromatic rings. The lowest BCUT2D eigenvalue weighted by molar-refractivity contribution is -0.570. The fourth-order valence-electron chi connectivity index (χ4n) is 4.67. The van der Waals surface area contributed by atoms with Gasteiger partial charge < -0.3 is 26.3 Å². The summed E-state index contributed by atoms with van der Waals surface area (Å²) in [6.07, 6.45) is 15.5. The molecule has 6 N–H and O–H groups in total. The number of nitrogens with two attached hydrogens (primary N) is 2. The van der Waals surface area contributed by atoms with Crippen molar-refractivity contribution in [2.75, 3.05) is 13.1 Å². The number of rotatable bonds is 20. The number of non-ortho nitro benzene ring substituents is 1. The number of nitrogens with zero attached hydrogens (tertiary/aromatic N) is 2. The summed E-state index contributed by atoms with van der Waals surface area (Å²) in [7, 11) is 0. The predicted octanol–water partition coefficient (Wildman–Crippen LogP) is 6.81. The molecular weight excluding hydrogens is 594 g/mol. The first-order valence-corrected chi connectivity index (χ1v) is 16.0. The molecule has 0 heterocycles. The molecule has 0 fully saturated rings. The molecule has 1 aromatic carbocycles. The molecule has 256 valence electrons. The fraction of sp³-hybridized carbons (Fsp3) is 0.432. The van der Waals surface area contributed by atoms with Crippen LogP contribution < -0.4 is 16.4 Å². The summed E-state index contributed by atoms with van der Waals surface area (Å²) in [5, 5.41) is 35.7. The summed E-state index contributed by atoms with van der Waals surface area (Å²) in [6, 6.07) is 6.93. The Labute approximate surface area is 280 Å². The SMILES string of the molecule is C=C(/C=C(N)\C=C/C)C(C)(C)\C(=C/C=C/C=C(\C#N)CC(C)(C)c1cc([N+](=O)[O-])ccc1[NH2+]CCC=O)NCCCCC(=O)O.CC. The third kappa shape index (κ3) is 15.4. The summed E-state index contributed by atoms with van der Waals surface area (Å²) in [4.78, 5) is 32.8. The van der Waals surface area contributed by atoms with Gasteiger partial charge in [-0.2, -0.15) is 5.26 Å². The highest BCUT2D eigenvalue weighted by Gasteiger charge is 2.29. The van der Waals surface area contributed by atoms with Crippen molar-refractivity contribution in [3.63, 3.8) is 0 Å². The molecule has 10 nitrogen and oxygen atoms in total. The van der Waals surface area contributed by atoms with Gasteiger partial charge in [0.1, 0.15) is 12.0 Å². The number of carbonyl (C=O) groups is 2. The van der Waals surface area contributed by atoms with Crippen LogP contribution in [-0.2, 0) is 15.0 Å². The minimum atomic E-state index is -0.826. The van der Waals surface area contributed by atoms with Gasteiger partial charge in [-0.3, -0.25) is 14.9 Å². The van der Waals surface area contributed by atoms with E-state index in [9.17, 15) is 25.0 Å². The number of carboxylic acids is 1. The Morgan fingerprint density at radius 1 is 1.19 bits per heavy atom. The van der Waals surface area contributed by atoms with Crippen molar-refractivity contribution < 1.29 is 24.9 Å². The van der Waals surface area contributed by atoms with E-state index in [2.05, 4.69) is 18.0 Å². The van der Waals surface area contributed by atoms with Gasteiger partial charge in [0.15, 0.2) is 0 Å². The van der Waals surface area contributed by atoms with Gasteiger partial charge in [-0.15, -0.1) is 0 Å². The maximum Gasteiger partial charge on any atom is 0.303 e. The van der Waals surface area contributed by atoms with Crippen LogP contribution in [0.2, 0.25) is 0 Å². The average Bonchev–Trinajstić information content (AvgIpc) is 3.02. The molecule has 0 saturated heterocycles. The first kappa shape index (κ1) is 42.2. The van der Waals surface area contributed by atoms with Crippen molar-refractivity contribution in [1.29, 1.82) is 5.26 Å². The number of nitriles is 1. The summed E-state index contributed by atoms with van der Waals surface area (Å²) in [5.74, 6) is -0.826. The quantitative estimate of drug-likeness (QED) is 0.0227. The first-order chi connectivity index (χ1) is 22.2. The topological polar surface area (TPSA) is 176 Å². The van der Waals surface area contributed by atoms with Crippen LogP contribution in [0.5, 0.6) is 0 Å². The number of hydrogen-bond acceptors (Lipinski definition) is 7. The van der Waals surface area contributed by atoms with E-state index in [-0.39, 0.29) is 12.1 Å². The van der Waals surface area contributed by atoms with Crippen LogP contribution in [0.15, 0.2) is 89.9 Å². The average molecular weight is 649 g/mol. The number of benzene rings is 1. The molecule has 0 radical (unpaired) electrons. The van der Waals surface area contributed by atoms with Crippen molar-refractivity contribution in [3.05, 3.63) is 106 Å². The molecule has 0 saturated carbocycles. The maximum absolute atomic E-state index is 11.5. The second-order valence-corrected chi connectivity index (χ2v) is 11.9. The van der Waals surface area contributed by atoms with Crippen LogP contribution in [0.4, 0.5) is 11.4 Å². The maximum atomic E-state index is 11.5. The molecule has 0 aliphatic heterocycles. The number of quaternary nitrogens is 1.